The number of hydrogen-bond acceptors (Lipinski definition) is 5. The molecule has 1 aromatic heterocycles. The van der Waals surface area contributed by atoms with Gasteiger partial charge in [0.25, 0.3) is 5.91 Å². The Morgan fingerprint density at radius 3 is 2.59 bits per heavy atom. The molecule has 2 amide bonds. The lowest BCUT2D eigenvalue weighted by molar-refractivity contribution is -0.117. The SMILES string of the molecule is O=C(Nc1nnc(C2CC(=O)N(c3ccccc3)C2)s1)c1ccc(Br)cc1. The fourth-order valence-electron chi connectivity index (χ4n) is 2.95. The molecule has 1 N–H and O–H groups in total. The third-order valence-corrected chi connectivity index (χ3v) is 5.84. The van der Waals surface area contributed by atoms with Crippen LogP contribution in [0.1, 0.15) is 27.7 Å². The predicted molar refractivity (Wildman–Crippen MR) is 108 cm³/mol. The van der Waals surface area contributed by atoms with Crippen molar-refractivity contribution in [2.45, 2.75) is 12.3 Å². The number of carbonyl (C=O) groups is 2. The van der Waals surface area contributed by atoms with E-state index in [0.717, 1.165) is 15.2 Å². The molecule has 0 spiro atoms. The number of anilines is 2. The van der Waals surface area contributed by atoms with Crippen molar-refractivity contribution < 1.29 is 9.59 Å². The zero-order valence-electron chi connectivity index (χ0n) is 14.1. The molecule has 1 aliphatic rings. The highest BCUT2D eigenvalue weighted by molar-refractivity contribution is 9.10. The van der Waals surface area contributed by atoms with Gasteiger partial charge in [-0.1, -0.05) is 45.5 Å². The standard InChI is InChI=1S/C19H15BrN4O2S/c20-14-8-6-12(7-9-14)17(26)21-19-23-22-18(27-19)13-10-16(25)24(11-13)15-4-2-1-3-5-15/h1-9,13H,10-11H2,(H,21,23,26). The van der Waals surface area contributed by atoms with E-state index in [1.54, 1.807) is 17.0 Å². The third kappa shape index (κ3) is 3.91. The highest BCUT2D eigenvalue weighted by Crippen LogP contribution is 2.34. The van der Waals surface area contributed by atoms with E-state index >= 15 is 0 Å². The summed E-state index contributed by atoms with van der Waals surface area (Å²) in [6.07, 6.45) is 0.393. The van der Waals surface area contributed by atoms with Gasteiger partial charge in [-0.3, -0.25) is 14.9 Å². The highest BCUT2D eigenvalue weighted by atomic mass is 79.9. The maximum atomic E-state index is 12.4. The zero-order valence-corrected chi connectivity index (χ0v) is 16.5. The van der Waals surface area contributed by atoms with Gasteiger partial charge in [-0.05, 0) is 36.4 Å². The van der Waals surface area contributed by atoms with Crippen LogP contribution in [0.3, 0.4) is 0 Å². The second-order valence-corrected chi connectivity index (χ2v) is 8.07. The lowest BCUT2D eigenvalue weighted by atomic mass is 10.1. The van der Waals surface area contributed by atoms with Gasteiger partial charge in [-0.25, -0.2) is 0 Å². The van der Waals surface area contributed by atoms with Gasteiger partial charge in [-0.2, -0.15) is 0 Å². The summed E-state index contributed by atoms with van der Waals surface area (Å²) >= 11 is 4.66. The van der Waals surface area contributed by atoms with Gasteiger partial charge in [0.15, 0.2) is 0 Å². The van der Waals surface area contributed by atoms with Crippen molar-refractivity contribution in [3.8, 4) is 0 Å². The van der Waals surface area contributed by atoms with E-state index < -0.39 is 0 Å². The normalized spacial score (nSPS) is 16.6. The average molecular weight is 443 g/mol. The molecule has 2 heterocycles. The Kier molecular flexibility index (Phi) is 5.00. The van der Waals surface area contributed by atoms with Gasteiger partial charge in [-0.15, -0.1) is 10.2 Å². The number of hydrogen-bond donors (Lipinski definition) is 1. The topological polar surface area (TPSA) is 75.2 Å². The number of carbonyl (C=O) groups excluding carboxylic acids is 2. The number of rotatable bonds is 4. The largest absolute Gasteiger partial charge is 0.312 e. The molecular formula is C19H15BrN4O2S. The molecule has 136 valence electrons. The zero-order chi connectivity index (χ0) is 18.8. The molecular weight excluding hydrogens is 428 g/mol. The van der Waals surface area contributed by atoms with E-state index in [-0.39, 0.29) is 17.7 Å². The van der Waals surface area contributed by atoms with E-state index in [2.05, 4.69) is 31.4 Å². The first-order chi connectivity index (χ1) is 13.1. The summed E-state index contributed by atoms with van der Waals surface area (Å²) in [7, 11) is 0. The summed E-state index contributed by atoms with van der Waals surface area (Å²) in [4.78, 5) is 26.4. The minimum atomic E-state index is -0.237. The van der Waals surface area contributed by atoms with Crippen LogP contribution in [-0.2, 0) is 4.79 Å². The molecule has 6 nitrogen and oxygen atoms in total. The van der Waals surface area contributed by atoms with Gasteiger partial charge in [0, 0.05) is 34.6 Å². The average Bonchev–Trinajstić information content (AvgIpc) is 3.29. The first-order valence-electron chi connectivity index (χ1n) is 8.36. The third-order valence-electron chi connectivity index (χ3n) is 4.31. The first kappa shape index (κ1) is 17.8. The lowest BCUT2D eigenvalue weighted by Crippen LogP contribution is -2.24. The molecule has 0 saturated carbocycles. The second-order valence-electron chi connectivity index (χ2n) is 6.15. The summed E-state index contributed by atoms with van der Waals surface area (Å²) in [5.74, 6) is -0.186. The molecule has 8 heteroatoms. The van der Waals surface area contributed by atoms with Crippen LogP contribution >= 0.6 is 27.3 Å². The Morgan fingerprint density at radius 2 is 1.85 bits per heavy atom. The van der Waals surface area contributed by atoms with Gasteiger partial charge < -0.3 is 4.90 Å². The Morgan fingerprint density at radius 1 is 1.11 bits per heavy atom. The van der Waals surface area contributed by atoms with Crippen LogP contribution in [0.15, 0.2) is 59.1 Å². The number of benzene rings is 2. The maximum Gasteiger partial charge on any atom is 0.257 e. The quantitative estimate of drug-likeness (QED) is 0.660. The van der Waals surface area contributed by atoms with Crippen molar-refractivity contribution >= 4 is 49.9 Å². The van der Waals surface area contributed by atoms with Crippen molar-refractivity contribution in [2.75, 3.05) is 16.8 Å². The fraction of sp³-hybridized carbons (Fsp3) is 0.158. The lowest BCUT2D eigenvalue weighted by Gasteiger charge is -2.15. The van der Waals surface area contributed by atoms with Crippen LogP contribution in [-0.4, -0.2) is 28.6 Å². The number of amides is 2. The molecule has 1 saturated heterocycles. The summed E-state index contributed by atoms with van der Waals surface area (Å²) in [5.41, 5.74) is 1.43. The molecule has 0 radical (unpaired) electrons. The molecule has 2 aromatic carbocycles. The van der Waals surface area contributed by atoms with E-state index in [1.807, 2.05) is 42.5 Å². The smallest absolute Gasteiger partial charge is 0.257 e. The molecule has 1 aliphatic heterocycles. The monoisotopic (exact) mass is 442 g/mol. The summed E-state index contributed by atoms with van der Waals surface area (Å²) in [6, 6.07) is 16.7. The Bertz CT molecular complexity index is 975. The molecule has 0 bridgehead atoms. The number of aromatic nitrogens is 2. The number of nitrogens with zero attached hydrogens (tertiary/aromatic N) is 3. The van der Waals surface area contributed by atoms with E-state index in [9.17, 15) is 9.59 Å². The molecule has 4 rings (SSSR count). The molecule has 3 aromatic rings. The summed E-state index contributed by atoms with van der Waals surface area (Å²) in [6.45, 7) is 0.568. The minimum Gasteiger partial charge on any atom is -0.312 e. The first-order valence-corrected chi connectivity index (χ1v) is 9.97. The number of para-hydroxylation sites is 1. The van der Waals surface area contributed by atoms with E-state index in [1.165, 1.54) is 11.3 Å². The minimum absolute atomic E-state index is 0.0199. The van der Waals surface area contributed by atoms with Crippen molar-refractivity contribution in [1.82, 2.24) is 10.2 Å². The molecule has 27 heavy (non-hydrogen) atoms. The Balaban J connectivity index is 1.44. The van der Waals surface area contributed by atoms with Crippen LogP contribution in [0.4, 0.5) is 10.8 Å². The van der Waals surface area contributed by atoms with Crippen molar-refractivity contribution in [3.63, 3.8) is 0 Å². The van der Waals surface area contributed by atoms with Gasteiger partial charge in [0.05, 0.1) is 0 Å². The van der Waals surface area contributed by atoms with Crippen molar-refractivity contribution in [2.24, 2.45) is 0 Å². The number of nitrogens with one attached hydrogen (secondary N) is 1. The van der Waals surface area contributed by atoms with Gasteiger partial charge in [0.2, 0.25) is 11.0 Å². The molecule has 1 atom stereocenters. The molecule has 0 aliphatic carbocycles. The van der Waals surface area contributed by atoms with Gasteiger partial charge in [0.1, 0.15) is 5.01 Å². The molecule has 1 fully saturated rings. The van der Waals surface area contributed by atoms with Crippen molar-refractivity contribution in [1.29, 1.82) is 0 Å². The van der Waals surface area contributed by atoms with Crippen LogP contribution < -0.4 is 10.2 Å². The summed E-state index contributed by atoms with van der Waals surface area (Å²) in [5, 5.41) is 12.2. The highest BCUT2D eigenvalue weighted by Gasteiger charge is 2.33. The predicted octanol–water partition coefficient (Wildman–Crippen LogP) is 4.07. The second kappa shape index (κ2) is 7.58. The van der Waals surface area contributed by atoms with Crippen LogP contribution in [0.5, 0.6) is 0 Å². The number of halogens is 1. The van der Waals surface area contributed by atoms with Gasteiger partial charge >= 0.3 is 0 Å². The molecule has 1 unspecified atom stereocenters. The Hall–Kier alpha value is -2.58. The van der Waals surface area contributed by atoms with Crippen LogP contribution in [0, 0.1) is 0 Å². The van der Waals surface area contributed by atoms with Crippen LogP contribution in [0.2, 0.25) is 0 Å². The fourth-order valence-corrected chi connectivity index (χ4v) is 4.05. The van der Waals surface area contributed by atoms with E-state index in [0.29, 0.717) is 23.7 Å². The van der Waals surface area contributed by atoms with Crippen molar-refractivity contribution in [3.05, 3.63) is 69.6 Å². The summed E-state index contributed by atoms with van der Waals surface area (Å²) < 4.78 is 0.908. The maximum absolute atomic E-state index is 12.4. The Labute approximate surface area is 168 Å². The van der Waals surface area contributed by atoms with Crippen LogP contribution in [0.25, 0.3) is 0 Å². The van der Waals surface area contributed by atoms with E-state index in [4.69, 9.17) is 0 Å².